The highest BCUT2D eigenvalue weighted by molar-refractivity contribution is 7.71. The van der Waals surface area contributed by atoms with Crippen molar-refractivity contribution < 1.29 is 23.1 Å². The van der Waals surface area contributed by atoms with Crippen LogP contribution >= 0.6 is 12.2 Å². The van der Waals surface area contributed by atoms with Gasteiger partial charge in [-0.15, -0.1) is 0 Å². The molecule has 2 heterocycles. The lowest BCUT2D eigenvalue weighted by Gasteiger charge is -2.11. The minimum atomic E-state index is -0.633. The molecular formula is C24H22FN5O4S. The Bertz CT molecular complexity index is 1420. The Hall–Kier alpha value is -4.25. The number of nitrogens with one attached hydrogen (secondary N) is 3. The number of halogens is 1. The van der Waals surface area contributed by atoms with Crippen LogP contribution in [-0.2, 0) is 11.3 Å². The summed E-state index contributed by atoms with van der Waals surface area (Å²) in [6.07, 6.45) is 1.47. The third-order valence-electron chi connectivity index (χ3n) is 5.27. The number of carbonyl (C=O) groups is 2. The van der Waals surface area contributed by atoms with Gasteiger partial charge in [0.25, 0.3) is 5.91 Å². The number of furan rings is 1. The third-order valence-corrected chi connectivity index (χ3v) is 5.58. The molecule has 11 heteroatoms. The number of aromatic amines is 1. The zero-order valence-corrected chi connectivity index (χ0v) is 19.7. The molecule has 0 aliphatic heterocycles. The van der Waals surface area contributed by atoms with Crippen LogP contribution in [0.5, 0.6) is 5.75 Å². The molecule has 4 aromatic rings. The van der Waals surface area contributed by atoms with E-state index >= 15 is 0 Å². The lowest BCUT2D eigenvalue weighted by molar-refractivity contribution is -0.116. The Kier molecular flexibility index (Phi) is 7.06. The first-order valence-corrected chi connectivity index (χ1v) is 11.0. The highest BCUT2D eigenvalue weighted by Crippen LogP contribution is 2.23. The van der Waals surface area contributed by atoms with E-state index in [0.717, 1.165) is 5.56 Å². The molecule has 2 amide bonds. The van der Waals surface area contributed by atoms with Gasteiger partial charge in [0.05, 0.1) is 24.6 Å². The van der Waals surface area contributed by atoms with Crippen molar-refractivity contribution in [3.05, 3.63) is 76.7 Å². The van der Waals surface area contributed by atoms with Gasteiger partial charge in [-0.25, -0.2) is 4.39 Å². The second-order valence-electron chi connectivity index (χ2n) is 7.57. The van der Waals surface area contributed by atoms with Gasteiger partial charge < -0.3 is 19.8 Å². The van der Waals surface area contributed by atoms with E-state index in [1.165, 1.54) is 30.5 Å². The Labute approximate surface area is 204 Å². The fraction of sp³-hybridized carbons (Fsp3) is 0.167. The molecule has 0 radical (unpaired) electrons. The molecule has 0 saturated heterocycles. The highest BCUT2D eigenvalue weighted by Gasteiger charge is 2.15. The Balaban J connectivity index is 1.42. The second kappa shape index (κ2) is 10.3. The number of carbonyl (C=O) groups excluding carboxylic acids is 2. The first kappa shape index (κ1) is 23.9. The van der Waals surface area contributed by atoms with Crippen molar-refractivity contribution in [1.29, 1.82) is 0 Å². The van der Waals surface area contributed by atoms with Crippen LogP contribution in [0.1, 0.15) is 22.5 Å². The van der Waals surface area contributed by atoms with Crippen LogP contribution in [0, 0.1) is 17.5 Å². The van der Waals surface area contributed by atoms with Crippen LogP contribution in [-0.4, -0.2) is 33.7 Å². The smallest absolute Gasteiger partial charge is 0.259 e. The molecule has 0 aliphatic rings. The fourth-order valence-electron chi connectivity index (χ4n) is 3.43. The van der Waals surface area contributed by atoms with Crippen LogP contribution in [0.15, 0.2) is 59.2 Å². The Morgan fingerprint density at radius 1 is 1.17 bits per heavy atom. The van der Waals surface area contributed by atoms with Gasteiger partial charge in [0.15, 0.2) is 10.6 Å². The standard InChI is InChI=1S/C24H22FN5O4S/c1-14-18(10-12-34-14)23(32)27-20-13-16(5-8-19(20)25)26-21(31)9-11-30-22(28-29-24(30)35)15-3-6-17(33-2)7-4-15/h3-8,10,12-13H,9,11H2,1-2H3,(H,26,31)(H,27,32)(H,29,35). The van der Waals surface area contributed by atoms with E-state index in [-0.39, 0.29) is 24.6 Å². The van der Waals surface area contributed by atoms with Crippen LogP contribution in [0.3, 0.4) is 0 Å². The van der Waals surface area contributed by atoms with Crippen molar-refractivity contribution in [2.24, 2.45) is 0 Å². The molecule has 2 aromatic heterocycles. The molecule has 0 bridgehead atoms. The molecule has 3 N–H and O–H groups in total. The van der Waals surface area contributed by atoms with Crippen LogP contribution in [0.4, 0.5) is 15.8 Å². The monoisotopic (exact) mass is 495 g/mol. The number of benzene rings is 2. The van der Waals surface area contributed by atoms with E-state index in [4.69, 9.17) is 21.4 Å². The van der Waals surface area contributed by atoms with E-state index < -0.39 is 11.7 Å². The number of nitrogens with zero attached hydrogens (tertiary/aromatic N) is 2. The van der Waals surface area contributed by atoms with Gasteiger partial charge in [-0.1, -0.05) is 0 Å². The van der Waals surface area contributed by atoms with Crippen molar-refractivity contribution in [1.82, 2.24) is 14.8 Å². The zero-order chi connectivity index (χ0) is 24.9. The largest absolute Gasteiger partial charge is 0.497 e. The average molecular weight is 496 g/mol. The molecule has 2 aromatic carbocycles. The van der Waals surface area contributed by atoms with Crippen LogP contribution in [0.25, 0.3) is 11.4 Å². The van der Waals surface area contributed by atoms with Crippen molar-refractivity contribution in [2.75, 3.05) is 17.7 Å². The summed E-state index contributed by atoms with van der Waals surface area (Å²) in [5.74, 6) is 0.253. The van der Waals surface area contributed by atoms with Gasteiger partial charge in [0, 0.05) is 24.2 Å². The number of amides is 2. The van der Waals surface area contributed by atoms with E-state index in [0.29, 0.717) is 33.4 Å². The Morgan fingerprint density at radius 3 is 2.63 bits per heavy atom. The molecule has 4 rings (SSSR count). The number of rotatable bonds is 8. The predicted molar refractivity (Wildman–Crippen MR) is 130 cm³/mol. The zero-order valence-electron chi connectivity index (χ0n) is 18.9. The summed E-state index contributed by atoms with van der Waals surface area (Å²) in [6, 6.07) is 12.7. The summed E-state index contributed by atoms with van der Waals surface area (Å²) in [5, 5.41) is 12.2. The fourth-order valence-corrected chi connectivity index (χ4v) is 3.65. The lowest BCUT2D eigenvalue weighted by Crippen LogP contribution is -2.16. The van der Waals surface area contributed by atoms with E-state index in [1.54, 1.807) is 18.6 Å². The number of aromatic nitrogens is 3. The van der Waals surface area contributed by atoms with Gasteiger partial charge in [-0.2, -0.15) is 5.10 Å². The number of methoxy groups -OCH3 is 1. The average Bonchev–Trinajstić information content (AvgIpc) is 3.45. The topological polar surface area (TPSA) is 114 Å². The van der Waals surface area contributed by atoms with E-state index in [2.05, 4.69) is 20.8 Å². The van der Waals surface area contributed by atoms with Crippen LogP contribution < -0.4 is 15.4 Å². The minimum absolute atomic E-state index is 0.0627. The lowest BCUT2D eigenvalue weighted by atomic mass is 10.2. The second-order valence-corrected chi connectivity index (χ2v) is 7.96. The molecule has 0 aliphatic carbocycles. The number of ether oxygens (including phenoxy) is 1. The molecule has 35 heavy (non-hydrogen) atoms. The molecule has 0 unspecified atom stereocenters. The summed E-state index contributed by atoms with van der Waals surface area (Å²) in [5.41, 5.74) is 1.38. The number of hydrogen-bond acceptors (Lipinski definition) is 6. The van der Waals surface area contributed by atoms with Crippen molar-refractivity contribution >= 4 is 35.4 Å². The minimum Gasteiger partial charge on any atom is -0.497 e. The maximum atomic E-state index is 14.3. The molecule has 0 saturated carbocycles. The van der Waals surface area contributed by atoms with E-state index in [1.807, 2.05) is 24.3 Å². The number of H-pyrrole nitrogens is 1. The first-order chi connectivity index (χ1) is 16.9. The van der Waals surface area contributed by atoms with E-state index in [9.17, 15) is 14.0 Å². The highest BCUT2D eigenvalue weighted by atomic mass is 32.1. The third kappa shape index (κ3) is 5.46. The summed E-state index contributed by atoms with van der Waals surface area (Å²) in [7, 11) is 1.59. The summed E-state index contributed by atoms with van der Waals surface area (Å²) >= 11 is 5.32. The first-order valence-electron chi connectivity index (χ1n) is 10.6. The Morgan fingerprint density at radius 2 is 1.94 bits per heavy atom. The maximum Gasteiger partial charge on any atom is 0.259 e. The van der Waals surface area contributed by atoms with Gasteiger partial charge >= 0.3 is 0 Å². The summed E-state index contributed by atoms with van der Waals surface area (Å²) in [6.45, 7) is 1.90. The molecule has 0 spiro atoms. The summed E-state index contributed by atoms with van der Waals surface area (Å²) < 4.78 is 26.6. The van der Waals surface area contributed by atoms with Gasteiger partial charge in [-0.3, -0.25) is 19.3 Å². The molecule has 0 atom stereocenters. The number of hydrogen-bond donors (Lipinski definition) is 3. The van der Waals surface area contributed by atoms with Crippen molar-refractivity contribution in [3.8, 4) is 17.1 Å². The quantitative estimate of drug-likeness (QED) is 0.299. The van der Waals surface area contributed by atoms with Gasteiger partial charge in [-0.05, 0) is 67.7 Å². The van der Waals surface area contributed by atoms with Crippen LogP contribution in [0.2, 0.25) is 0 Å². The number of anilines is 2. The molecular weight excluding hydrogens is 473 g/mol. The molecule has 9 nitrogen and oxygen atoms in total. The molecule has 180 valence electrons. The number of aryl methyl sites for hydroxylation is 1. The van der Waals surface area contributed by atoms with Gasteiger partial charge in [0.1, 0.15) is 17.3 Å². The molecule has 0 fully saturated rings. The predicted octanol–water partition coefficient (Wildman–Crippen LogP) is 4.94. The summed E-state index contributed by atoms with van der Waals surface area (Å²) in [4.78, 5) is 25.0. The SMILES string of the molecule is COc1ccc(-c2n[nH]c(=S)n2CCC(=O)Nc2ccc(F)c(NC(=O)c3ccoc3C)c2)cc1. The van der Waals surface area contributed by atoms with Crippen molar-refractivity contribution in [2.45, 2.75) is 19.9 Å². The maximum absolute atomic E-state index is 14.3. The normalized spacial score (nSPS) is 10.7. The van der Waals surface area contributed by atoms with Crippen molar-refractivity contribution in [3.63, 3.8) is 0 Å². The van der Waals surface area contributed by atoms with Gasteiger partial charge in [0.2, 0.25) is 5.91 Å².